The molecule has 0 unspecified atom stereocenters. The minimum Gasteiger partial charge on any atom is -0.497 e. The van der Waals surface area contributed by atoms with Crippen LogP contribution in [-0.4, -0.2) is 12.9 Å². The summed E-state index contributed by atoms with van der Waals surface area (Å²) < 4.78 is 5.47. The summed E-state index contributed by atoms with van der Waals surface area (Å²) in [6.07, 6.45) is 6.99. The van der Waals surface area contributed by atoms with Crippen molar-refractivity contribution in [1.29, 1.82) is 0 Å². The maximum atomic E-state index is 5.47. The zero-order valence-electron chi connectivity index (χ0n) is 15.9. The molecule has 0 saturated heterocycles. The van der Waals surface area contributed by atoms with Crippen LogP contribution in [0.3, 0.4) is 0 Å². The number of hydrogen-bond acceptors (Lipinski definition) is 2. The van der Waals surface area contributed by atoms with Crippen molar-refractivity contribution in [3.63, 3.8) is 0 Å². The van der Waals surface area contributed by atoms with Gasteiger partial charge in [-0.2, -0.15) is 0 Å². The van der Waals surface area contributed by atoms with Gasteiger partial charge in [-0.1, -0.05) is 40.2 Å². The van der Waals surface area contributed by atoms with Gasteiger partial charge in [-0.05, 0) is 71.5 Å². The summed E-state index contributed by atoms with van der Waals surface area (Å²) in [7, 11) is 1.77. The molecule has 1 nitrogen and oxygen atoms in total. The molecule has 3 aliphatic rings. The number of methoxy groups -OCH3 is 1. The van der Waals surface area contributed by atoms with Gasteiger partial charge in [0.2, 0.25) is 0 Å². The molecule has 2 fully saturated rings. The van der Waals surface area contributed by atoms with Crippen LogP contribution in [0.1, 0.15) is 65.4 Å². The largest absolute Gasteiger partial charge is 0.497 e. The van der Waals surface area contributed by atoms with Gasteiger partial charge in [-0.25, -0.2) is 0 Å². The van der Waals surface area contributed by atoms with Crippen LogP contribution >= 0.6 is 11.8 Å². The van der Waals surface area contributed by atoms with Crippen LogP contribution in [0.4, 0.5) is 0 Å². The summed E-state index contributed by atoms with van der Waals surface area (Å²) in [6, 6.07) is 6.80. The molecule has 4 rings (SSSR count). The van der Waals surface area contributed by atoms with E-state index in [-0.39, 0.29) is 0 Å². The Kier molecular flexibility index (Phi) is 3.81. The van der Waals surface area contributed by atoms with Crippen molar-refractivity contribution >= 4 is 11.8 Å². The molecule has 0 radical (unpaired) electrons. The first kappa shape index (κ1) is 16.8. The maximum absolute atomic E-state index is 5.47. The lowest BCUT2D eigenvalue weighted by Gasteiger charge is -2.64. The quantitative estimate of drug-likeness (QED) is 0.591. The van der Waals surface area contributed by atoms with Crippen LogP contribution in [0.25, 0.3) is 0 Å². The molecule has 1 aromatic rings. The third kappa shape index (κ3) is 2.21. The highest BCUT2D eigenvalue weighted by molar-refractivity contribution is 7.99. The van der Waals surface area contributed by atoms with Gasteiger partial charge in [-0.15, -0.1) is 11.8 Å². The minimum atomic E-state index is 0.339. The van der Waals surface area contributed by atoms with E-state index in [0.717, 1.165) is 17.6 Å². The highest BCUT2D eigenvalue weighted by Gasteiger charge is 2.59. The first-order valence-electron chi connectivity index (χ1n) is 9.63. The summed E-state index contributed by atoms with van der Waals surface area (Å²) in [5.74, 6) is 3.97. The molecule has 1 aromatic carbocycles. The maximum Gasteiger partial charge on any atom is 0.119 e. The fraction of sp³-hybridized carbons (Fsp3) is 0.727. The number of ether oxygens (including phenoxy) is 1. The lowest BCUT2D eigenvalue weighted by Crippen LogP contribution is -2.58. The average Bonchev–Trinajstić information content (AvgIpc) is 2.53. The van der Waals surface area contributed by atoms with Crippen molar-refractivity contribution < 1.29 is 4.74 Å². The number of thioether (sulfide) groups is 1. The Morgan fingerprint density at radius 1 is 1.04 bits per heavy atom. The van der Waals surface area contributed by atoms with Crippen molar-refractivity contribution in [2.24, 2.45) is 22.7 Å². The summed E-state index contributed by atoms with van der Waals surface area (Å²) >= 11 is 2.08. The van der Waals surface area contributed by atoms with E-state index >= 15 is 0 Å². The van der Waals surface area contributed by atoms with Crippen LogP contribution in [0.5, 0.6) is 5.75 Å². The Hall–Kier alpha value is -0.630. The molecule has 4 atom stereocenters. The Morgan fingerprint density at radius 3 is 2.58 bits per heavy atom. The molecular weight excluding hydrogens is 312 g/mol. The van der Waals surface area contributed by atoms with E-state index in [4.69, 9.17) is 4.74 Å². The van der Waals surface area contributed by atoms with Gasteiger partial charge in [0.25, 0.3) is 0 Å². The number of rotatable bonds is 1. The Labute approximate surface area is 151 Å². The van der Waals surface area contributed by atoms with E-state index in [0.29, 0.717) is 16.2 Å². The molecule has 2 heteroatoms. The van der Waals surface area contributed by atoms with Gasteiger partial charge in [0.15, 0.2) is 0 Å². The topological polar surface area (TPSA) is 9.23 Å². The van der Waals surface area contributed by atoms with E-state index in [1.165, 1.54) is 42.8 Å². The molecule has 132 valence electrons. The van der Waals surface area contributed by atoms with E-state index in [1.54, 1.807) is 12.7 Å². The predicted molar refractivity (Wildman–Crippen MR) is 103 cm³/mol. The van der Waals surface area contributed by atoms with Gasteiger partial charge in [0.1, 0.15) is 5.75 Å². The molecule has 2 saturated carbocycles. The molecule has 24 heavy (non-hydrogen) atoms. The molecule has 1 heterocycles. The van der Waals surface area contributed by atoms with Crippen molar-refractivity contribution in [1.82, 2.24) is 0 Å². The zero-order chi connectivity index (χ0) is 17.2. The van der Waals surface area contributed by atoms with Gasteiger partial charge < -0.3 is 4.74 Å². The van der Waals surface area contributed by atoms with Crippen LogP contribution in [0.2, 0.25) is 0 Å². The van der Waals surface area contributed by atoms with Crippen LogP contribution in [0.15, 0.2) is 23.1 Å². The normalized spacial score (nSPS) is 40.2. The number of hydrogen-bond donors (Lipinski definition) is 0. The van der Waals surface area contributed by atoms with Crippen LogP contribution in [0, 0.1) is 22.7 Å². The lowest BCUT2D eigenvalue weighted by molar-refractivity contribution is -0.0973. The third-order valence-corrected chi connectivity index (χ3v) is 9.15. The molecule has 0 spiro atoms. The fourth-order valence-corrected chi connectivity index (χ4v) is 8.49. The zero-order valence-corrected chi connectivity index (χ0v) is 16.8. The molecular formula is C22H32OS. The van der Waals surface area contributed by atoms with Crippen molar-refractivity contribution in [3.05, 3.63) is 23.8 Å². The molecule has 0 amide bonds. The summed E-state index contributed by atoms with van der Waals surface area (Å²) in [4.78, 5) is 1.46. The second-order valence-electron chi connectivity index (χ2n) is 9.58. The van der Waals surface area contributed by atoms with Gasteiger partial charge >= 0.3 is 0 Å². The highest BCUT2D eigenvalue weighted by Crippen LogP contribution is 2.67. The van der Waals surface area contributed by atoms with E-state index < -0.39 is 0 Å². The summed E-state index contributed by atoms with van der Waals surface area (Å²) in [6.45, 7) is 10.3. The standard InChI is InChI=1S/C22H32OS/c1-20(2)10-6-11-22(4)18(20)9-12-21(3)16-8-7-15(23-5)13-17(16)24-14-19(21)22/h7-8,13,18-19H,6,9-12,14H2,1-5H3/t18-,19-,21-,22-/m0/s1. The van der Waals surface area contributed by atoms with Crippen LogP contribution in [-0.2, 0) is 5.41 Å². The molecule has 1 aliphatic heterocycles. The van der Waals surface area contributed by atoms with Crippen molar-refractivity contribution in [2.45, 2.75) is 70.1 Å². The van der Waals surface area contributed by atoms with E-state index in [9.17, 15) is 0 Å². The second kappa shape index (κ2) is 5.43. The lowest BCUT2D eigenvalue weighted by atomic mass is 9.43. The number of fused-ring (bicyclic) bond motifs is 5. The monoisotopic (exact) mass is 344 g/mol. The average molecular weight is 345 g/mol. The molecule has 0 N–H and O–H groups in total. The fourth-order valence-electron chi connectivity index (χ4n) is 6.74. The Morgan fingerprint density at radius 2 is 1.83 bits per heavy atom. The van der Waals surface area contributed by atoms with Crippen LogP contribution < -0.4 is 4.74 Å². The van der Waals surface area contributed by atoms with Gasteiger partial charge in [0.05, 0.1) is 7.11 Å². The van der Waals surface area contributed by atoms with Crippen molar-refractivity contribution in [2.75, 3.05) is 12.9 Å². The second-order valence-corrected chi connectivity index (χ2v) is 10.6. The minimum absolute atomic E-state index is 0.339. The smallest absolute Gasteiger partial charge is 0.119 e. The predicted octanol–water partition coefficient (Wildman–Crippen LogP) is 6.30. The van der Waals surface area contributed by atoms with E-state index in [1.807, 2.05) is 0 Å². The third-order valence-electron chi connectivity index (χ3n) is 8.00. The molecule has 0 aromatic heterocycles. The summed E-state index contributed by atoms with van der Waals surface area (Å²) in [5, 5.41) is 0. The van der Waals surface area contributed by atoms with E-state index in [2.05, 4.69) is 57.7 Å². The van der Waals surface area contributed by atoms with Gasteiger partial charge in [-0.3, -0.25) is 0 Å². The van der Waals surface area contributed by atoms with Crippen molar-refractivity contribution in [3.8, 4) is 5.75 Å². The summed E-state index contributed by atoms with van der Waals surface area (Å²) in [5.41, 5.74) is 2.94. The first-order valence-corrected chi connectivity index (χ1v) is 10.6. The molecule has 0 bridgehead atoms. The molecule has 2 aliphatic carbocycles. The Balaban J connectivity index is 1.78. The van der Waals surface area contributed by atoms with Gasteiger partial charge in [0, 0.05) is 10.6 Å². The SMILES string of the molecule is COc1ccc2c(c1)SC[C@@H]1[C@@]3(C)CCCC(C)(C)[C@@H]3CC[C@@]21C. The first-order chi connectivity index (χ1) is 11.3. The number of benzene rings is 1. The highest BCUT2D eigenvalue weighted by atomic mass is 32.2. The Bertz CT molecular complexity index is 651.